The molecule has 0 atom stereocenters. The van der Waals surface area contributed by atoms with Crippen LogP contribution in [0.25, 0.3) is 0 Å². The zero-order valence-electron chi connectivity index (χ0n) is 12.6. The number of anilines is 1. The first-order valence-corrected chi connectivity index (χ1v) is 6.95. The summed E-state index contributed by atoms with van der Waals surface area (Å²) in [6.07, 6.45) is 2.65. The van der Waals surface area contributed by atoms with Gasteiger partial charge in [-0.15, -0.1) is 0 Å². The van der Waals surface area contributed by atoms with Crippen molar-refractivity contribution in [2.24, 2.45) is 0 Å². The highest BCUT2D eigenvalue weighted by molar-refractivity contribution is 5.99. The Morgan fingerprint density at radius 2 is 1.86 bits per heavy atom. The summed E-state index contributed by atoms with van der Waals surface area (Å²) >= 11 is 0. The highest BCUT2D eigenvalue weighted by Gasteiger charge is 2.00. The molecule has 0 aliphatic heterocycles. The summed E-state index contributed by atoms with van der Waals surface area (Å²) in [6.45, 7) is 4.30. The summed E-state index contributed by atoms with van der Waals surface area (Å²) in [6, 6.07) is 11.7. The number of ether oxygens (including phenoxy) is 1. The number of aryl methyl sites for hydroxylation is 2. The minimum absolute atomic E-state index is 0.262. The topological polar surface area (TPSA) is 38.3 Å². The number of benzene rings is 2. The van der Waals surface area contributed by atoms with Gasteiger partial charge in [-0.05, 0) is 54.8 Å². The van der Waals surface area contributed by atoms with E-state index in [2.05, 4.69) is 5.32 Å². The lowest BCUT2D eigenvalue weighted by atomic mass is 10.1. The second-order valence-electron chi connectivity index (χ2n) is 5.03. The molecule has 0 aromatic heterocycles. The van der Waals surface area contributed by atoms with Crippen LogP contribution in [0.2, 0.25) is 0 Å². The van der Waals surface area contributed by atoms with Crippen molar-refractivity contribution in [3.8, 4) is 0 Å². The summed E-state index contributed by atoms with van der Waals surface area (Å²) < 4.78 is 18.0. The third kappa shape index (κ3) is 4.74. The first kappa shape index (κ1) is 15.8. The van der Waals surface area contributed by atoms with Crippen molar-refractivity contribution in [1.82, 2.24) is 0 Å². The van der Waals surface area contributed by atoms with Gasteiger partial charge in [0.1, 0.15) is 12.4 Å². The molecule has 4 heteroatoms. The van der Waals surface area contributed by atoms with Crippen LogP contribution in [0.15, 0.2) is 54.8 Å². The zero-order valence-corrected chi connectivity index (χ0v) is 12.6. The Hall–Kier alpha value is -2.62. The summed E-state index contributed by atoms with van der Waals surface area (Å²) in [4.78, 5) is 11.7. The first-order valence-electron chi connectivity index (χ1n) is 6.95. The largest absolute Gasteiger partial charge is 0.496 e. The second-order valence-corrected chi connectivity index (χ2v) is 5.03. The smallest absolute Gasteiger partial charge is 0.251 e. The zero-order chi connectivity index (χ0) is 15.9. The molecule has 22 heavy (non-hydrogen) atoms. The van der Waals surface area contributed by atoms with Crippen molar-refractivity contribution in [2.75, 3.05) is 5.32 Å². The standard InChI is InChI=1S/C18H18FNO2/c1-13-3-8-17(11-14(13)2)20-18(21)9-10-22-12-15-4-6-16(19)7-5-15/h3-11H,12H2,1-2H3,(H,20,21). The molecule has 0 unspecified atom stereocenters. The van der Waals surface area contributed by atoms with Crippen LogP contribution in [0.1, 0.15) is 16.7 Å². The van der Waals surface area contributed by atoms with Crippen LogP contribution in [-0.4, -0.2) is 5.91 Å². The highest BCUT2D eigenvalue weighted by atomic mass is 19.1. The molecule has 2 aromatic carbocycles. The number of amides is 1. The molecule has 1 amide bonds. The fourth-order valence-electron chi connectivity index (χ4n) is 1.84. The average molecular weight is 299 g/mol. The van der Waals surface area contributed by atoms with Crippen LogP contribution < -0.4 is 5.32 Å². The number of hydrogen-bond acceptors (Lipinski definition) is 2. The molecule has 0 spiro atoms. The molecule has 114 valence electrons. The lowest BCUT2D eigenvalue weighted by Crippen LogP contribution is -2.08. The third-order valence-corrected chi connectivity index (χ3v) is 3.25. The molecular weight excluding hydrogens is 281 g/mol. The first-order chi connectivity index (χ1) is 10.5. The van der Waals surface area contributed by atoms with Gasteiger partial charge in [-0.3, -0.25) is 4.79 Å². The van der Waals surface area contributed by atoms with Crippen molar-refractivity contribution >= 4 is 11.6 Å². The van der Waals surface area contributed by atoms with Crippen molar-refractivity contribution in [3.05, 3.63) is 77.3 Å². The Labute approximate surface area is 129 Å². The fourth-order valence-corrected chi connectivity index (χ4v) is 1.84. The lowest BCUT2D eigenvalue weighted by Gasteiger charge is -2.05. The van der Waals surface area contributed by atoms with Crippen LogP contribution in [0.5, 0.6) is 0 Å². The molecule has 0 aliphatic carbocycles. The normalized spacial score (nSPS) is 10.7. The van der Waals surface area contributed by atoms with Gasteiger partial charge in [0.05, 0.1) is 6.26 Å². The molecule has 0 heterocycles. The lowest BCUT2D eigenvalue weighted by molar-refractivity contribution is -0.112. The Morgan fingerprint density at radius 1 is 1.14 bits per heavy atom. The van der Waals surface area contributed by atoms with Gasteiger partial charge in [-0.25, -0.2) is 4.39 Å². The van der Waals surface area contributed by atoms with E-state index in [0.717, 1.165) is 16.8 Å². The predicted molar refractivity (Wildman–Crippen MR) is 84.9 cm³/mol. The summed E-state index contributed by atoms with van der Waals surface area (Å²) in [7, 11) is 0. The number of halogens is 1. The van der Waals surface area contributed by atoms with Gasteiger partial charge in [0.2, 0.25) is 0 Å². The predicted octanol–water partition coefficient (Wildman–Crippen LogP) is 4.11. The van der Waals surface area contributed by atoms with Crippen LogP contribution in [0.3, 0.4) is 0 Å². The Bertz CT molecular complexity index is 678. The van der Waals surface area contributed by atoms with Crippen LogP contribution in [-0.2, 0) is 16.1 Å². The minimum Gasteiger partial charge on any atom is -0.496 e. The monoisotopic (exact) mass is 299 g/mol. The van der Waals surface area contributed by atoms with Gasteiger partial charge in [0, 0.05) is 11.8 Å². The van der Waals surface area contributed by atoms with E-state index >= 15 is 0 Å². The summed E-state index contributed by atoms with van der Waals surface area (Å²) in [5, 5.41) is 2.76. The van der Waals surface area contributed by atoms with Crippen molar-refractivity contribution in [2.45, 2.75) is 20.5 Å². The molecule has 0 aliphatic rings. The average Bonchev–Trinajstić information content (AvgIpc) is 2.49. The third-order valence-electron chi connectivity index (χ3n) is 3.25. The Kier molecular flexibility index (Phi) is 5.31. The SMILES string of the molecule is Cc1ccc(NC(=O)C=COCc2ccc(F)cc2)cc1C. The van der Waals surface area contributed by atoms with E-state index in [9.17, 15) is 9.18 Å². The summed E-state index contributed by atoms with van der Waals surface area (Å²) in [5.74, 6) is -0.547. The number of hydrogen-bond donors (Lipinski definition) is 1. The quantitative estimate of drug-likeness (QED) is 0.666. The van der Waals surface area contributed by atoms with E-state index in [0.29, 0.717) is 0 Å². The molecule has 2 rings (SSSR count). The van der Waals surface area contributed by atoms with E-state index in [1.807, 2.05) is 32.0 Å². The van der Waals surface area contributed by atoms with Crippen molar-refractivity contribution in [1.29, 1.82) is 0 Å². The molecule has 0 bridgehead atoms. The second kappa shape index (κ2) is 7.41. The van der Waals surface area contributed by atoms with Gasteiger partial charge in [-0.2, -0.15) is 0 Å². The number of carbonyl (C=O) groups is 1. The van der Waals surface area contributed by atoms with E-state index in [4.69, 9.17) is 4.74 Å². The van der Waals surface area contributed by atoms with Gasteiger partial charge in [-0.1, -0.05) is 18.2 Å². The highest BCUT2D eigenvalue weighted by Crippen LogP contribution is 2.14. The molecule has 1 N–H and O–H groups in total. The van der Waals surface area contributed by atoms with Gasteiger partial charge in [0.25, 0.3) is 5.91 Å². The van der Waals surface area contributed by atoms with E-state index in [-0.39, 0.29) is 18.3 Å². The molecule has 0 saturated heterocycles. The van der Waals surface area contributed by atoms with Crippen molar-refractivity contribution < 1.29 is 13.9 Å². The summed E-state index contributed by atoms with van der Waals surface area (Å²) in [5.41, 5.74) is 3.88. The van der Waals surface area contributed by atoms with E-state index < -0.39 is 0 Å². The molecule has 0 saturated carbocycles. The fraction of sp³-hybridized carbons (Fsp3) is 0.167. The molecule has 3 nitrogen and oxygen atoms in total. The maximum Gasteiger partial charge on any atom is 0.251 e. The number of carbonyl (C=O) groups excluding carboxylic acids is 1. The minimum atomic E-state index is -0.285. The van der Waals surface area contributed by atoms with E-state index in [1.54, 1.807) is 12.1 Å². The maximum absolute atomic E-state index is 12.7. The van der Waals surface area contributed by atoms with Gasteiger partial charge < -0.3 is 10.1 Å². The van der Waals surface area contributed by atoms with Gasteiger partial charge >= 0.3 is 0 Å². The maximum atomic E-state index is 12.7. The Balaban J connectivity index is 1.81. The number of nitrogens with one attached hydrogen (secondary N) is 1. The molecule has 0 radical (unpaired) electrons. The van der Waals surface area contributed by atoms with Crippen LogP contribution >= 0.6 is 0 Å². The van der Waals surface area contributed by atoms with Gasteiger partial charge in [0.15, 0.2) is 0 Å². The van der Waals surface area contributed by atoms with Crippen molar-refractivity contribution in [3.63, 3.8) is 0 Å². The van der Waals surface area contributed by atoms with E-state index in [1.165, 1.54) is 30.0 Å². The number of rotatable bonds is 5. The van der Waals surface area contributed by atoms with Crippen LogP contribution in [0.4, 0.5) is 10.1 Å². The molecule has 2 aromatic rings. The molecular formula is C18H18FNO2. The molecule has 0 fully saturated rings. The Morgan fingerprint density at radius 3 is 2.55 bits per heavy atom. The van der Waals surface area contributed by atoms with Crippen LogP contribution in [0, 0.1) is 19.7 Å².